The number of nitrogens with zero attached hydrogens (tertiary/aromatic N) is 2. The number of nitrogens with one attached hydrogen (secondary N) is 2. The van der Waals surface area contributed by atoms with Gasteiger partial charge < -0.3 is 15.4 Å². The van der Waals surface area contributed by atoms with Gasteiger partial charge in [0.15, 0.2) is 0 Å². The van der Waals surface area contributed by atoms with E-state index in [1.165, 1.54) is 12.1 Å². The molecule has 2 aliphatic heterocycles. The summed E-state index contributed by atoms with van der Waals surface area (Å²) in [5, 5.41) is 6.87. The highest BCUT2D eigenvalue weighted by Crippen LogP contribution is 2.34. The quantitative estimate of drug-likeness (QED) is 0.863. The van der Waals surface area contributed by atoms with E-state index < -0.39 is 0 Å². The molecule has 1 unspecified atom stereocenters. The van der Waals surface area contributed by atoms with Crippen LogP contribution in [0.2, 0.25) is 0 Å². The molecule has 138 valence electrons. The fourth-order valence-electron chi connectivity index (χ4n) is 3.95. The average Bonchev–Trinajstić information content (AvgIpc) is 3.18. The van der Waals surface area contributed by atoms with E-state index in [4.69, 9.17) is 4.74 Å². The SMILES string of the molecule is Fc1ccc(C2(CNc3cc(C4CCNCC4)ncn3)CCOC2)cc1. The molecule has 2 aliphatic rings. The van der Waals surface area contributed by atoms with Crippen LogP contribution in [-0.2, 0) is 10.2 Å². The maximum atomic E-state index is 13.3. The second kappa shape index (κ2) is 7.68. The lowest BCUT2D eigenvalue weighted by molar-refractivity contribution is 0.179. The van der Waals surface area contributed by atoms with Crippen LogP contribution in [0.5, 0.6) is 0 Å². The van der Waals surface area contributed by atoms with Crippen molar-refractivity contribution in [2.24, 2.45) is 0 Å². The molecule has 5 nitrogen and oxygen atoms in total. The predicted octanol–water partition coefficient (Wildman–Crippen LogP) is 2.85. The van der Waals surface area contributed by atoms with Crippen molar-refractivity contribution in [2.75, 3.05) is 38.2 Å². The molecule has 2 saturated heterocycles. The highest BCUT2D eigenvalue weighted by Gasteiger charge is 2.36. The van der Waals surface area contributed by atoms with Gasteiger partial charge in [-0.2, -0.15) is 0 Å². The number of anilines is 1. The maximum absolute atomic E-state index is 13.3. The molecule has 0 bridgehead atoms. The minimum absolute atomic E-state index is 0.145. The third-order valence-corrected chi connectivity index (χ3v) is 5.61. The van der Waals surface area contributed by atoms with Crippen LogP contribution in [0, 0.1) is 5.82 Å². The van der Waals surface area contributed by atoms with E-state index in [0.29, 0.717) is 19.1 Å². The number of benzene rings is 1. The van der Waals surface area contributed by atoms with Gasteiger partial charge in [-0.25, -0.2) is 14.4 Å². The lowest BCUT2D eigenvalue weighted by Crippen LogP contribution is -2.35. The minimum Gasteiger partial charge on any atom is -0.380 e. The number of hydrogen-bond acceptors (Lipinski definition) is 5. The molecule has 3 heterocycles. The number of rotatable bonds is 5. The topological polar surface area (TPSA) is 59.1 Å². The van der Waals surface area contributed by atoms with Gasteiger partial charge in [0.05, 0.1) is 6.61 Å². The van der Waals surface area contributed by atoms with E-state index in [9.17, 15) is 4.39 Å². The van der Waals surface area contributed by atoms with Crippen molar-refractivity contribution in [3.63, 3.8) is 0 Å². The van der Waals surface area contributed by atoms with E-state index in [-0.39, 0.29) is 11.2 Å². The van der Waals surface area contributed by atoms with Crippen LogP contribution >= 0.6 is 0 Å². The van der Waals surface area contributed by atoms with Gasteiger partial charge >= 0.3 is 0 Å². The monoisotopic (exact) mass is 356 g/mol. The summed E-state index contributed by atoms with van der Waals surface area (Å²) >= 11 is 0. The van der Waals surface area contributed by atoms with Crippen molar-refractivity contribution in [1.82, 2.24) is 15.3 Å². The highest BCUT2D eigenvalue weighted by molar-refractivity contribution is 5.39. The molecule has 4 rings (SSSR count). The lowest BCUT2D eigenvalue weighted by Gasteiger charge is -2.29. The van der Waals surface area contributed by atoms with Gasteiger partial charge in [0, 0.05) is 36.2 Å². The Bertz CT molecular complexity index is 725. The lowest BCUT2D eigenvalue weighted by atomic mass is 9.79. The summed E-state index contributed by atoms with van der Waals surface area (Å²) in [6.45, 7) is 4.16. The summed E-state index contributed by atoms with van der Waals surface area (Å²) in [5.74, 6) is 1.14. The van der Waals surface area contributed by atoms with Crippen molar-refractivity contribution in [3.8, 4) is 0 Å². The molecular formula is C20H25FN4O. The van der Waals surface area contributed by atoms with E-state index in [1.54, 1.807) is 6.33 Å². The standard InChI is InChI=1S/C20H25FN4O/c21-17-3-1-16(2-4-17)20(7-10-26-13-20)12-23-19-11-18(24-14-25-19)15-5-8-22-9-6-15/h1-4,11,14-15,22H,5-10,12-13H2,(H,23,24,25). The van der Waals surface area contributed by atoms with E-state index in [1.807, 2.05) is 12.1 Å². The summed E-state index contributed by atoms with van der Waals surface area (Å²) in [7, 11) is 0. The number of ether oxygens (including phenoxy) is 1. The average molecular weight is 356 g/mol. The smallest absolute Gasteiger partial charge is 0.129 e. The first kappa shape index (κ1) is 17.4. The largest absolute Gasteiger partial charge is 0.380 e. The zero-order chi connectivity index (χ0) is 17.8. The molecule has 0 aliphatic carbocycles. The highest BCUT2D eigenvalue weighted by atomic mass is 19.1. The van der Waals surface area contributed by atoms with Gasteiger partial charge in [-0.3, -0.25) is 0 Å². The Morgan fingerprint density at radius 2 is 2.00 bits per heavy atom. The van der Waals surface area contributed by atoms with Crippen LogP contribution in [0.4, 0.5) is 10.2 Å². The number of hydrogen-bond donors (Lipinski definition) is 2. The van der Waals surface area contributed by atoms with Crippen LogP contribution < -0.4 is 10.6 Å². The van der Waals surface area contributed by atoms with Crippen molar-refractivity contribution in [3.05, 3.63) is 53.7 Å². The first-order chi connectivity index (χ1) is 12.8. The Balaban J connectivity index is 1.48. The molecule has 0 saturated carbocycles. The molecule has 1 atom stereocenters. The third-order valence-electron chi connectivity index (χ3n) is 5.61. The van der Waals surface area contributed by atoms with Crippen LogP contribution in [0.15, 0.2) is 36.7 Å². The van der Waals surface area contributed by atoms with Gasteiger partial charge in [-0.1, -0.05) is 12.1 Å². The second-order valence-corrected chi connectivity index (χ2v) is 7.30. The van der Waals surface area contributed by atoms with E-state index in [0.717, 1.165) is 56.0 Å². The van der Waals surface area contributed by atoms with Crippen LogP contribution in [0.1, 0.15) is 36.4 Å². The molecule has 2 fully saturated rings. The molecule has 26 heavy (non-hydrogen) atoms. The predicted molar refractivity (Wildman–Crippen MR) is 98.9 cm³/mol. The first-order valence-corrected chi connectivity index (χ1v) is 9.36. The van der Waals surface area contributed by atoms with Gasteiger partial charge in [-0.15, -0.1) is 0 Å². The molecule has 1 aromatic heterocycles. The Kier molecular flexibility index (Phi) is 5.13. The Morgan fingerprint density at radius 1 is 1.19 bits per heavy atom. The Labute approximate surface area is 153 Å². The molecule has 0 amide bonds. The summed E-state index contributed by atoms with van der Waals surface area (Å²) in [5.41, 5.74) is 2.08. The Morgan fingerprint density at radius 3 is 2.73 bits per heavy atom. The molecule has 0 radical (unpaired) electrons. The summed E-state index contributed by atoms with van der Waals surface area (Å²) in [6, 6.07) is 8.85. The van der Waals surface area contributed by atoms with Crippen molar-refractivity contribution >= 4 is 5.82 Å². The summed E-state index contributed by atoms with van der Waals surface area (Å²) < 4.78 is 19.0. The molecule has 2 N–H and O–H groups in total. The maximum Gasteiger partial charge on any atom is 0.129 e. The molecule has 6 heteroatoms. The van der Waals surface area contributed by atoms with Gasteiger partial charge in [0.2, 0.25) is 0 Å². The third kappa shape index (κ3) is 3.71. The van der Waals surface area contributed by atoms with Crippen molar-refractivity contribution in [1.29, 1.82) is 0 Å². The van der Waals surface area contributed by atoms with Gasteiger partial charge in [0.1, 0.15) is 18.0 Å². The Hall–Kier alpha value is -2.05. The number of piperidine rings is 1. The summed E-state index contributed by atoms with van der Waals surface area (Å²) in [6.07, 6.45) is 4.79. The molecule has 1 aromatic carbocycles. The van der Waals surface area contributed by atoms with Gasteiger partial charge in [-0.05, 0) is 50.0 Å². The van der Waals surface area contributed by atoms with Crippen LogP contribution in [0.3, 0.4) is 0 Å². The zero-order valence-electron chi connectivity index (χ0n) is 14.9. The van der Waals surface area contributed by atoms with Crippen LogP contribution in [0.25, 0.3) is 0 Å². The van der Waals surface area contributed by atoms with Crippen molar-refractivity contribution in [2.45, 2.75) is 30.6 Å². The van der Waals surface area contributed by atoms with E-state index in [2.05, 4.69) is 26.7 Å². The minimum atomic E-state index is -0.210. The molecule has 0 spiro atoms. The normalized spacial score (nSPS) is 23.9. The first-order valence-electron chi connectivity index (χ1n) is 9.36. The number of aromatic nitrogens is 2. The van der Waals surface area contributed by atoms with Crippen LogP contribution in [-0.4, -0.2) is 42.8 Å². The van der Waals surface area contributed by atoms with E-state index >= 15 is 0 Å². The van der Waals surface area contributed by atoms with Gasteiger partial charge in [0.25, 0.3) is 0 Å². The fourth-order valence-corrected chi connectivity index (χ4v) is 3.95. The second-order valence-electron chi connectivity index (χ2n) is 7.30. The fraction of sp³-hybridized carbons (Fsp3) is 0.500. The zero-order valence-corrected chi connectivity index (χ0v) is 14.9. The molecule has 2 aromatic rings. The number of halogens is 1. The summed E-state index contributed by atoms with van der Waals surface area (Å²) in [4.78, 5) is 8.88. The molecular weight excluding hydrogens is 331 g/mol. The van der Waals surface area contributed by atoms with Crippen molar-refractivity contribution < 1.29 is 9.13 Å².